The summed E-state index contributed by atoms with van der Waals surface area (Å²) in [5.41, 5.74) is 0.162. The van der Waals surface area contributed by atoms with E-state index in [-0.39, 0.29) is 22.1 Å². The second kappa shape index (κ2) is 7.97. The van der Waals surface area contributed by atoms with Gasteiger partial charge in [0.15, 0.2) is 5.11 Å². The molecule has 0 bridgehead atoms. The number of benzene rings is 2. The number of nitrogens with zero attached hydrogens (tertiary/aromatic N) is 1. The first-order valence-electron chi connectivity index (χ1n) is 7.95. The molecule has 2 amide bonds. The van der Waals surface area contributed by atoms with E-state index in [2.05, 4.69) is 5.32 Å². The minimum absolute atomic E-state index is 0.0746. The van der Waals surface area contributed by atoms with Crippen molar-refractivity contribution in [2.24, 2.45) is 0 Å². The van der Waals surface area contributed by atoms with Crippen molar-refractivity contribution < 1.29 is 28.6 Å². The summed E-state index contributed by atoms with van der Waals surface area (Å²) in [5.74, 6) is -3.22. The van der Waals surface area contributed by atoms with E-state index in [1.807, 2.05) is 0 Å². The molecule has 28 heavy (non-hydrogen) atoms. The molecule has 0 spiro atoms. The Morgan fingerprint density at radius 2 is 1.86 bits per heavy atom. The van der Waals surface area contributed by atoms with E-state index >= 15 is 0 Å². The SMILES string of the molecule is O=C([O-])COc1ccc(/C=C2\C(=O)NC(=S)N(c3ccccc3F)C2=O)cc1. The van der Waals surface area contributed by atoms with Crippen molar-refractivity contribution in [3.63, 3.8) is 0 Å². The van der Waals surface area contributed by atoms with Crippen molar-refractivity contribution in [2.75, 3.05) is 11.5 Å². The van der Waals surface area contributed by atoms with Crippen LogP contribution >= 0.6 is 12.2 Å². The maximum atomic E-state index is 14.1. The van der Waals surface area contributed by atoms with Gasteiger partial charge in [-0.3, -0.25) is 14.9 Å². The number of hydrogen-bond donors (Lipinski definition) is 1. The van der Waals surface area contributed by atoms with Crippen LogP contribution in [0.4, 0.5) is 10.1 Å². The Labute approximate surface area is 164 Å². The predicted molar refractivity (Wildman–Crippen MR) is 99.5 cm³/mol. The highest BCUT2D eigenvalue weighted by Gasteiger charge is 2.35. The standard InChI is InChI=1S/C19H13FN2O5S/c20-14-3-1-2-4-15(14)22-18(26)13(17(25)21-19(22)28)9-11-5-7-12(8-6-11)27-10-16(23)24/h1-9H,10H2,(H,23,24)(H,21,25,28)/p-1/b13-9+. The number of hydrogen-bond acceptors (Lipinski definition) is 6. The monoisotopic (exact) mass is 399 g/mol. The Balaban J connectivity index is 1.89. The van der Waals surface area contributed by atoms with Gasteiger partial charge in [-0.05, 0) is 48.1 Å². The fourth-order valence-electron chi connectivity index (χ4n) is 2.48. The van der Waals surface area contributed by atoms with Gasteiger partial charge < -0.3 is 14.6 Å². The van der Waals surface area contributed by atoms with E-state index in [1.54, 1.807) is 6.07 Å². The number of carbonyl (C=O) groups excluding carboxylic acids is 3. The molecule has 0 radical (unpaired) electrons. The van der Waals surface area contributed by atoms with Crippen molar-refractivity contribution in [2.45, 2.75) is 0 Å². The zero-order valence-electron chi connectivity index (χ0n) is 14.2. The van der Waals surface area contributed by atoms with Crippen molar-refractivity contribution in [1.82, 2.24) is 5.32 Å². The van der Waals surface area contributed by atoms with E-state index in [4.69, 9.17) is 17.0 Å². The van der Waals surface area contributed by atoms with Crippen molar-refractivity contribution in [3.05, 3.63) is 65.5 Å². The quantitative estimate of drug-likeness (QED) is 0.453. The topological polar surface area (TPSA) is 98.8 Å². The molecule has 0 aliphatic carbocycles. The largest absolute Gasteiger partial charge is 0.546 e. The summed E-state index contributed by atoms with van der Waals surface area (Å²) in [6.07, 6.45) is 1.32. The summed E-state index contributed by atoms with van der Waals surface area (Å²) in [4.78, 5) is 36.3. The Morgan fingerprint density at radius 3 is 2.50 bits per heavy atom. The van der Waals surface area contributed by atoms with Crippen molar-refractivity contribution in [3.8, 4) is 5.75 Å². The van der Waals surface area contributed by atoms with Gasteiger partial charge in [0.25, 0.3) is 11.8 Å². The summed E-state index contributed by atoms with van der Waals surface area (Å²) < 4.78 is 19.1. The smallest absolute Gasteiger partial charge is 0.270 e. The average molecular weight is 399 g/mol. The normalized spacial score (nSPS) is 15.5. The first-order valence-corrected chi connectivity index (χ1v) is 8.36. The van der Waals surface area contributed by atoms with Crippen LogP contribution in [0.5, 0.6) is 5.75 Å². The summed E-state index contributed by atoms with van der Waals surface area (Å²) in [6.45, 7) is -0.601. The lowest BCUT2D eigenvalue weighted by Gasteiger charge is -2.29. The molecule has 2 aromatic carbocycles. The molecule has 1 aliphatic rings. The molecule has 9 heteroatoms. The molecule has 0 unspecified atom stereocenters. The zero-order valence-corrected chi connectivity index (χ0v) is 15.0. The lowest BCUT2D eigenvalue weighted by Crippen LogP contribution is -2.54. The number of para-hydroxylation sites is 1. The molecule has 1 N–H and O–H groups in total. The van der Waals surface area contributed by atoms with Gasteiger partial charge in [-0.1, -0.05) is 24.3 Å². The number of amides is 2. The molecule has 0 atom stereocenters. The number of aliphatic carboxylic acids is 1. The first-order chi connectivity index (χ1) is 13.4. The lowest BCUT2D eigenvalue weighted by molar-refractivity contribution is -0.307. The molecule has 1 aliphatic heterocycles. The highest BCUT2D eigenvalue weighted by molar-refractivity contribution is 7.80. The van der Waals surface area contributed by atoms with Crippen LogP contribution in [0.2, 0.25) is 0 Å². The van der Waals surface area contributed by atoms with Gasteiger partial charge in [-0.2, -0.15) is 0 Å². The number of halogens is 1. The average Bonchev–Trinajstić information content (AvgIpc) is 2.65. The van der Waals surface area contributed by atoms with Crippen LogP contribution in [-0.2, 0) is 14.4 Å². The van der Waals surface area contributed by atoms with Gasteiger partial charge in [0.1, 0.15) is 23.7 Å². The number of nitrogens with one attached hydrogen (secondary N) is 1. The minimum Gasteiger partial charge on any atom is -0.546 e. The van der Waals surface area contributed by atoms with Crippen LogP contribution in [0, 0.1) is 5.82 Å². The molecule has 142 valence electrons. The summed E-state index contributed by atoms with van der Waals surface area (Å²) in [7, 11) is 0. The number of rotatable bonds is 5. The zero-order chi connectivity index (χ0) is 20.3. The van der Waals surface area contributed by atoms with Crippen LogP contribution in [0.15, 0.2) is 54.1 Å². The maximum absolute atomic E-state index is 14.1. The number of ether oxygens (including phenoxy) is 1. The fourth-order valence-corrected chi connectivity index (χ4v) is 2.75. The summed E-state index contributed by atoms with van der Waals surface area (Å²) in [5, 5.41) is 12.5. The Kier molecular flexibility index (Phi) is 5.46. The van der Waals surface area contributed by atoms with Crippen LogP contribution < -0.4 is 20.1 Å². The van der Waals surface area contributed by atoms with E-state index in [1.165, 1.54) is 48.5 Å². The van der Waals surface area contributed by atoms with Gasteiger partial charge >= 0.3 is 0 Å². The highest BCUT2D eigenvalue weighted by atomic mass is 32.1. The Hall–Kier alpha value is -3.59. The van der Waals surface area contributed by atoms with Crippen LogP contribution in [-0.4, -0.2) is 29.5 Å². The summed E-state index contributed by atoms with van der Waals surface area (Å²) >= 11 is 5.02. The lowest BCUT2D eigenvalue weighted by atomic mass is 10.1. The third-order valence-corrected chi connectivity index (χ3v) is 4.03. The predicted octanol–water partition coefficient (Wildman–Crippen LogP) is 0.786. The number of carboxylic acid groups (broad SMARTS) is 1. The van der Waals surface area contributed by atoms with E-state index in [9.17, 15) is 23.9 Å². The molecule has 2 aromatic rings. The Bertz CT molecular complexity index is 1000. The van der Waals surface area contributed by atoms with Gasteiger partial charge in [0, 0.05) is 0 Å². The van der Waals surface area contributed by atoms with Crippen LogP contribution in [0.25, 0.3) is 6.08 Å². The molecular weight excluding hydrogens is 387 g/mol. The first kappa shape index (κ1) is 19.2. The van der Waals surface area contributed by atoms with Crippen molar-refractivity contribution >= 4 is 46.9 Å². The molecule has 0 aromatic heterocycles. The van der Waals surface area contributed by atoms with Crippen LogP contribution in [0.1, 0.15) is 5.56 Å². The molecule has 1 heterocycles. The number of anilines is 1. The molecule has 3 rings (SSSR count). The molecule has 0 saturated carbocycles. The van der Waals surface area contributed by atoms with Gasteiger partial charge in [0.2, 0.25) is 0 Å². The second-order valence-corrected chi connectivity index (χ2v) is 6.03. The molecule has 1 saturated heterocycles. The number of carbonyl (C=O) groups is 3. The summed E-state index contributed by atoms with van der Waals surface area (Å²) in [6, 6.07) is 11.6. The third-order valence-electron chi connectivity index (χ3n) is 3.74. The fraction of sp³-hybridized carbons (Fsp3) is 0.0526. The van der Waals surface area contributed by atoms with Gasteiger partial charge in [0.05, 0.1) is 11.7 Å². The number of carboxylic acids is 1. The molecular formula is C19H12FN2O5S-. The minimum atomic E-state index is -1.36. The number of thiocarbonyl (C=S) groups is 1. The molecule has 1 fully saturated rings. The highest BCUT2D eigenvalue weighted by Crippen LogP contribution is 2.25. The van der Waals surface area contributed by atoms with Crippen molar-refractivity contribution in [1.29, 1.82) is 0 Å². The van der Waals surface area contributed by atoms with Gasteiger partial charge in [-0.25, -0.2) is 9.29 Å². The van der Waals surface area contributed by atoms with E-state index in [0.29, 0.717) is 5.56 Å². The third kappa shape index (κ3) is 4.04. The Morgan fingerprint density at radius 1 is 1.18 bits per heavy atom. The van der Waals surface area contributed by atoms with E-state index in [0.717, 1.165) is 4.90 Å². The second-order valence-electron chi connectivity index (χ2n) is 5.64. The molecule has 7 nitrogen and oxygen atoms in total. The van der Waals surface area contributed by atoms with E-state index < -0.39 is 30.2 Å². The maximum Gasteiger partial charge on any atom is 0.270 e. The van der Waals surface area contributed by atoms with Gasteiger partial charge in [-0.15, -0.1) is 0 Å². The van der Waals surface area contributed by atoms with Crippen LogP contribution in [0.3, 0.4) is 0 Å².